The van der Waals surface area contributed by atoms with Gasteiger partial charge in [0.25, 0.3) is 0 Å². The van der Waals surface area contributed by atoms with E-state index in [-0.39, 0.29) is 12.3 Å². The molecule has 1 saturated heterocycles. The predicted octanol–water partition coefficient (Wildman–Crippen LogP) is 2.48. The number of carbonyl (C=O) groups excluding carboxylic acids is 1. The van der Waals surface area contributed by atoms with Crippen LogP contribution in [0.3, 0.4) is 0 Å². The highest BCUT2D eigenvalue weighted by Gasteiger charge is 2.54. The van der Waals surface area contributed by atoms with Crippen molar-refractivity contribution in [1.82, 2.24) is 10.2 Å². The summed E-state index contributed by atoms with van der Waals surface area (Å²) in [7, 11) is 1.76. The Bertz CT molecular complexity index is 989. The van der Waals surface area contributed by atoms with Crippen LogP contribution in [0.5, 0.6) is 0 Å². The van der Waals surface area contributed by atoms with Gasteiger partial charge in [0.15, 0.2) is 5.11 Å². The molecule has 0 unspecified atom stereocenters. The molecule has 2 fully saturated rings. The molecule has 0 bridgehead atoms. The van der Waals surface area contributed by atoms with Crippen molar-refractivity contribution >= 4 is 40.5 Å². The highest BCUT2D eigenvalue weighted by molar-refractivity contribution is 7.80. The molecule has 4 rings (SSSR count). The van der Waals surface area contributed by atoms with Gasteiger partial charge < -0.3 is 25.3 Å². The lowest BCUT2D eigenvalue weighted by Gasteiger charge is -2.42. The second-order valence-electron chi connectivity index (χ2n) is 8.35. The van der Waals surface area contributed by atoms with Gasteiger partial charge in [0.2, 0.25) is 5.91 Å². The van der Waals surface area contributed by atoms with Gasteiger partial charge >= 0.3 is 0 Å². The average molecular weight is 460 g/mol. The van der Waals surface area contributed by atoms with E-state index in [0.29, 0.717) is 16.7 Å². The maximum atomic E-state index is 13.5. The maximum absolute atomic E-state index is 13.5. The number of anilines is 1. The van der Waals surface area contributed by atoms with Crippen molar-refractivity contribution in [2.24, 2.45) is 5.92 Å². The topological polar surface area (TPSA) is 76.0 Å². The third-order valence-electron chi connectivity index (χ3n) is 6.23. The van der Waals surface area contributed by atoms with Crippen molar-refractivity contribution in [3.05, 3.63) is 64.7 Å². The molecule has 1 heterocycles. The van der Waals surface area contributed by atoms with Gasteiger partial charge in [-0.1, -0.05) is 48.0 Å². The first-order chi connectivity index (χ1) is 14.8. The maximum Gasteiger partial charge on any atom is 0.228 e. The number of aliphatic hydroxyl groups excluding tert-OH is 2. The summed E-state index contributed by atoms with van der Waals surface area (Å²) in [6.07, 6.45) is -1.89. The molecule has 0 aromatic heterocycles. The number of benzene rings is 2. The molecule has 0 radical (unpaired) electrons. The van der Waals surface area contributed by atoms with Gasteiger partial charge in [-0.15, -0.1) is 0 Å². The molecule has 8 heteroatoms. The number of amides is 1. The highest BCUT2D eigenvalue weighted by Crippen LogP contribution is 2.38. The van der Waals surface area contributed by atoms with Crippen molar-refractivity contribution in [2.75, 3.05) is 11.9 Å². The first-order valence-electron chi connectivity index (χ1n) is 10.3. The molecule has 164 valence electrons. The number of aliphatic hydroxyl groups is 2. The van der Waals surface area contributed by atoms with Crippen molar-refractivity contribution in [1.29, 1.82) is 0 Å². The highest BCUT2D eigenvalue weighted by atomic mass is 35.5. The molecule has 1 aliphatic heterocycles. The van der Waals surface area contributed by atoms with Crippen LogP contribution in [-0.2, 0) is 11.3 Å². The molecule has 1 amide bonds. The molecule has 2 aliphatic rings. The van der Waals surface area contributed by atoms with Gasteiger partial charge in [-0.05, 0) is 48.8 Å². The number of nitrogens with one attached hydrogen (secondary N) is 1. The summed E-state index contributed by atoms with van der Waals surface area (Å²) >= 11 is 11.9. The fourth-order valence-electron chi connectivity index (χ4n) is 4.58. The van der Waals surface area contributed by atoms with Crippen molar-refractivity contribution in [3.8, 4) is 0 Å². The lowest BCUT2D eigenvalue weighted by Crippen LogP contribution is -2.61. The smallest absolute Gasteiger partial charge is 0.228 e. The molecule has 1 saturated carbocycles. The van der Waals surface area contributed by atoms with Crippen LogP contribution >= 0.6 is 23.8 Å². The summed E-state index contributed by atoms with van der Waals surface area (Å²) in [6, 6.07) is 14.4. The van der Waals surface area contributed by atoms with Crippen LogP contribution in [0.25, 0.3) is 0 Å². The van der Waals surface area contributed by atoms with Crippen LogP contribution in [0.4, 0.5) is 5.69 Å². The second kappa shape index (κ2) is 8.74. The molecule has 31 heavy (non-hydrogen) atoms. The largest absolute Gasteiger partial charge is 0.390 e. The lowest BCUT2D eigenvalue weighted by molar-refractivity contribution is -0.141. The molecular formula is C23H26ClN3O3S. The van der Waals surface area contributed by atoms with E-state index in [1.165, 1.54) is 0 Å². The third kappa shape index (κ3) is 4.15. The molecule has 2 aromatic carbocycles. The Labute approximate surface area is 192 Å². The number of carbonyl (C=O) groups is 1. The average Bonchev–Trinajstić information content (AvgIpc) is 3.10. The van der Waals surface area contributed by atoms with Gasteiger partial charge in [0, 0.05) is 24.3 Å². The summed E-state index contributed by atoms with van der Waals surface area (Å²) < 4.78 is 0. The molecular weight excluding hydrogens is 434 g/mol. The van der Waals surface area contributed by atoms with E-state index in [1.54, 1.807) is 11.9 Å². The fraction of sp³-hybridized carbons (Fsp3) is 0.391. The summed E-state index contributed by atoms with van der Waals surface area (Å²) in [5.74, 6) is -0.648. The molecule has 6 nitrogen and oxygen atoms in total. The van der Waals surface area contributed by atoms with Gasteiger partial charge in [-0.2, -0.15) is 0 Å². The number of thiocarbonyl (C=S) groups is 1. The Balaban J connectivity index is 1.66. The summed E-state index contributed by atoms with van der Waals surface area (Å²) in [4.78, 5) is 17.0. The van der Waals surface area contributed by atoms with E-state index in [4.69, 9.17) is 23.8 Å². The first-order valence-corrected chi connectivity index (χ1v) is 11.1. The predicted molar refractivity (Wildman–Crippen MR) is 125 cm³/mol. The number of hydrogen-bond acceptors (Lipinski definition) is 4. The summed E-state index contributed by atoms with van der Waals surface area (Å²) in [5.41, 5.74) is 2.72. The zero-order valence-corrected chi connectivity index (χ0v) is 19.0. The van der Waals surface area contributed by atoms with Gasteiger partial charge in [-0.25, -0.2) is 0 Å². The minimum atomic E-state index is -1.03. The Morgan fingerprint density at radius 2 is 1.97 bits per heavy atom. The van der Waals surface area contributed by atoms with E-state index in [1.807, 2.05) is 60.4 Å². The molecule has 2 aromatic rings. The molecule has 3 N–H and O–H groups in total. The Morgan fingerprint density at radius 1 is 1.26 bits per heavy atom. The molecule has 5 atom stereocenters. The second-order valence-corrected chi connectivity index (χ2v) is 9.14. The van der Waals surface area contributed by atoms with E-state index in [0.717, 1.165) is 16.8 Å². The number of halogens is 1. The van der Waals surface area contributed by atoms with E-state index >= 15 is 0 Å². The SMILES string of the molecule is Cc1ccc(N2C(=S)N[C@H]3[C@@H](O)[C@H](O)C[C@@H](C(=O)N(C)Cc4ccccc4)[C@@H]32)cc1Cl. The molecule has 0 spiro atoms. The minimum Gasteiger partial charge on any atom is -0.390 e. The number of fused-ring (bicyclic) bond motifs is 1. The zero-order valence-electron chi connectivity index (χ0n) is 17.4. The standard InChI is InChI=1S/C23H26ClN3O3S/c1-13-8-9-15(10-17(13)24)27-20-16(11-18(28)21(29)19(20)25-23(27)31)22(30)26(2)12-14-6-4-3-5-7-14/h3-10,16,18-21,28-29H,11-12H2,1-2H3,(H,25,31)/t16-,18-,19-,20+,21+/m1/s1. The lowest BCUT2D eigenvalue weighted by atomic mass is 9.77. The van der Waals surface area contributed by atoms with Gasteiger partial charge in [0.05, 0.1) is 24.1 Å². The van der Waals surface area contributed by atoms with Crippen LogP contribution < -0.4 is 10.2 Å². The number of aryl methyl sites for hydroxylation is 1. The quantitative estimate of drug-likeness (QED) is 0.610. The normalized spacial score (nSPS) is 27.6. The Hall–Kier alpha value is -2.19. The van der Waals surface area contributed by atoms with Crippen LogP contribution in [0.1, 0.15) is 17.5 Å². The van der Waals surface area contributed by atoms with Crippen molar-refractivity contribution in [3.63, 3.8) is 0 Å². The number of nitrogens with zero attached hydrogens (tertiary/aromatic N) is 2. The molecule has 1 aliphatic carbocycles. The number of rotatable bonds is 4. The van der Waals surface area contributed by atoms with Crippen molar-refractivity contribution in [2.45, 2.75) is 44.2 Å². The monoisotopic (exact) mass is 459 g/mol. The third-order valence-corrected chi connectivity index (χ3v) is 6.96. The summed E-state index contributed by atoms with van der Waals surface area (Å²) in [5, 5.41) is 25.3. The van der Waals surface area contributed by atoms with Gasteiger partial charge in [-0.3, -0.25) is 4.79 Å². The van der Waals surface area contributed by atoms with E-state index < -0.39 is 30.2 Å². The Kier molecular flexibility index (Phi) is 6.21. The zero-order chi connectivity index (χ0) is 22.3. The van der Waals surface area contributed by atoms with E-state index in [2.05, 4.69) is 5.32 Å². The first kappa shape index (κ1) is 22.0. The van der Waals surface area contributed by atoms with E-state index in [9.17, 15) is 15.0 Å². The van der Waals surface area contributed by atoms with Crippen LogP contribution in [0.2, 0.25) is 5.02 Å². The summed E-state index contributed by atoms with van der Waals surface area (Å²) in [6.45, 7) is 2.38. The minimum absolute atomic E-state index is 0.0977. The van der Waals surface area contributed by atoms with Crippen LogP contribution in [0.15, 0.2) is 48.5 Å². The fourth-order valence-corrected chi connectivity index (χ4v) is 5.11. The Morgan fingerprint density at radius 3 is 2.65 bits per heavy atom. The number of hydrogen-bond donors (Lipinski definition) is 3. The van der Waals surface area contributed by atoms with Crippen LogP contribution in [-0.4, -0.2) is 57.5 Å². The van der Waals surface area contributed by atoms with Gasteiger partial charge in [0.1, 0.15) is 6.10 Å². The van der Waals surface area contributed by atoms with Crippen LogP contribution in [0, 0.1) is 12.8 Å². The van der Waals surface area contributed by atoms with Crippen molar-refractivity contribution < 1.29 is 15.0 Å².